The van der Waals surface area contributed by atoms with Crippen molar-refractivity contribution in [3.8, 4) is 0 Å². The summed E-state index contributed by atoms with van der Waals surface area (Å²) in [6.07, 6.45) is -2.44. The number of sulfonamides is 1. The second kappa shape index (κ2) is 6.19. The van der Waals surface area contributed by atoms with E-state index in [2.05, 4.69) is 23.7 Å². The van der Waals surface area contributed by atoms with Gasteiger partial charge in [0.15, 0.2) is 5.52 Å². The lowest BCUT2D eigenvalue weighted by Crippen LogP contribution is -2.07. The molecule has 0 aliphatic rings. The first kappa shape index (κ1) is 17.5. The van der Waals surface area contributed by atoms with Crippen LogP contribution in [0.4, 0.5) is 13.2 Å². The van der Waals surface area contributed by atoms with Crippen molar-refractivity contribution >= 4 is 31.7 Å². The lowest BCUT2D eigenvalue weighted by Gasteiger charge is -2.07. The van der Waals surface area contributed by atoms with Gasteiger partial charge in [-0.1, -0.05) is 6.07 Å². The summed E-state index contributed by atoms with van der Waals surface area (Å²) in [4.78, 5) is 3.47. The van der Waals surface area contributed by atoms with Crippen molar-refractivity contribution in [1.82, 2.24) is 15.3 Å². The van der Waals surface area contributed by atoms with E-state index in [-0.39, 0.29) is 21.0 Å². The highest BCUT2D eigenvalue weighted by molar-refractivity contribution is 8.00. The molecule has 0 spiro atoms. The van der Waals surface area contributed by atoms with Gasteiger partial charge in [0, 0.05) is 6.20 Å². The quantitative estimate of drug-likeness (QED) is 0.682. The molecule has 0 fully saturated rings. The molecule has 0 aliphatic carbocycles. The van der Waals surface area contributed by atoms with Crippen LogP contribution in [0, 0.1) is 0 Å². The average Bonchev–Trinajstić information content (AvgIpc) is 3.02. The molecule has 2 heterocycles. The van der Waals surface area contributed by atoms with E-state index in [4.69, 9.17) is 0 Å². The van der Waals surface area contributed by atoms with Crippen molar-refractivity contribution in [3.63, 3.8) is 0 Å². The largest absolute Gasteiger partial charge is 0.417 e. The van der Waals surface area contributed by atoms with Crippen LogP contribution < -0.4 is 0 Å². The van der Waals surface area contributed by atoms with Crippen LogP contribution in [0.1, 0.15) is 5.56 Å². The van der Waals surface area contributed by atoms with Gasteiger partial charge in [-0.15, -0.1) is 3.77 Å². The molecule has 0 saturated carbocycles. The Morgan fingerprint density at radius 1 is 1.16 bits per heavy atom. The van der Waals surface area contributed by atoms with Gasteiger partial charge in [-0.2, -0.15) is 21.6 Å². The summed E-state index contributed by atoms with van der Waals surface area (Å²) < 4.78 is 70.8. The molecule has 7 nitrogen and oxygen atoms in total. The Morgan fingerprint density at radius 3 is 2.56 bits per heavy atom. The molecule has 1 aromatic carbocycles. The van der Waals surface area contributed by atoms with E-state index in [1.54, 1.807) is 0 Å². The molecule has 2 aromatic heterocycles. The second-order valence-corrected chi connectivity index (χ2v) is 8.16. The number of benzene rings is 1. The number of hydrogen-bond acceptors (Lipinski definition) is 6. The van der Waals surface area contributed by atoms with Gasteiger partial charge in [0.05, 0.1) is 5.56 Å². The first-order valence-corrected chi connectivity index (χ1v) is 9.60. The Kier molecular flexibility index (Phi) is 4.33. The fourth-order valence-corrected chi connectivity index (χ4v) is 4.85. The Balaban J connectivity index is 2.00. The highest BCUT2D eigenvalue weighted by Crippen LogP contribution is 2.29. The predicted molar refractivity (Wildman–Crippen MR) is 82.2 cm³/mol. The van der Waals surface area contributed by atoms with E-state index in [0.29, 0.717) is 6.20 Å². The maximum Gasteiger partial charge on any atom is 0.417 e. The molecule has 0 saturated heterocycles. The molecular formula is C13H9F3N4O3S2. The summed E-state index contributed by atoms with van der Waals surface area (Å²) in [7, 11) is -5.42. The zero-order chi connectivity index (χ0) is 18.2. The van der Waals surface area contributed by atoms with E-state index in [0.717, 1.165) is 12.1 Å². The van der Waals surface area contributed by atoms with E-state index in [1.165, 1.54) is 24.5 Å². The van der Waals surface area contributed by atoms with E-state index >= 15 is 0 Å². The Labute approximate surface area is 142 Å². The van der Waals surface area contributed by atoms with Gasteiger partial charge in [-0.25, -0.2) is 9.61 Å². The van der Waals surface area contributed by atoms with Crippen molar-refractivity contribution in [3.05, 3.63) is 42.1 Å². The van der Waals surface area contributed by atoms with Gasteiger partial charge in [-0.05, 0) is 51.5 Å². The normalized spacial score (nSPS) is 14.1. The van der Waals surface area contributed by atoms with Gasteiger partial charge < -0.3 is 0 Å². The third-order valence-electron chi connectivity index (χ3n) is 3.10. The predicted octanol–water partition coefficient (Wildman–Crippen LogP) is 2.82. The van der Waals surface area contributed by atoms with Crippen LogP contribution in [-0.4, -0.2) is 30.0 Å². The average molecular weight is 390 g/mol. The minimum absolute atomic E-state index is 0.0311. The van der Waals surface area contributed by atoms with Crippen LogP contribution in [-0.2, 0) is 26.9 Å². The SMILES string of the molecule is C[S@](=NS(=O)(=O)c1cccc2nonc12)c1ccc(C(F)(F)F)cn1. The summed E-state index contributed by atoms with van der Waals surface area (Å²) in [5, 5.41) is 7.21. The summed E-state index contributed by atoms with van der Waals surface area (Å²) >= 11 is 0. The molecule has 3 rings (SSSR count). The van der Waals surface area contributed by atoms with Crippen LogP contribution in [0.5, 0.6) is 0 Å². The van der Waals surface area contributed by atoms with Crippen LogP contribution in [0.15, 0.2) is 54.8 Å². The summed E-state index contributed by atoms with van der Waals surface area (Å²) in [5.74, 6) is 0. The molecule has 3 aromatic rings. The number of fused-ring (bicyclic) bond motifs is 1. The molecule has 0 amide bonds. The Morgan fingerprint density at radius 2 is 1.92 bits per heavy atom. The molecule has 0 N–H and O–H groups in total. The number of rotatable bonds is 3. The first-order valence-electron chi connectivity index (χ1n) is 6.57. The molecule has 12 heteroatoms. The second-order valence-electron chi connectivity index (χ2n) is 4.80. The monoisotopic (exact) mass is 390 g/mol. The van der Waals surface area contributed by atoms with Crippen molar-refractivity contribution in [2.24, 2.45) is 3.77 Å². The molecule has 0 unspecified atom stereocenters. The maximum absolute atomic E-state index is 12.6. The molecule has 0 radical (unpaired) electrons. The van der Waals surface area contributed by atoms with Crippen LogP contribution >= 0.6 is 0 Å². The van der Waals surface area contributed by atoms with Gasteiger partial charge in [-0.3, -0.25) is 0 Å². The molecule has 132 valence electrons. The van der Waals surface area contributed by atoms with Crippen molar-refractivity contribution in [1.29, 1.82) is 0 Å². The van der Waals surface area contributed by atoms with E-state index in [9.17, 15) is 21.6 Å². The van der Waals surface area contributed by atoms with Crippen molar-refractivity contribution in [2.75, 3.05) is 6.26 Å². The van der Waals surface area contributed by atoms with Gasteiger partial charge in [0.1, 0.15) is 15.4 Å². The van der Waals surface area contributed by atoms with Crippen LogP contribution in [0.2, 0.25) is 0 Å². The van der Waals surface area contributed by atoms with Crippen LogP contribution in [0.25, 0.3) is 11.0 Å². The Hall–Kier alpha value is -2.34. The number of pyridine rings is 1. The third kappa shape index (κ3) is 3.54. The van der Waals surface area contributed by atoms with Gasteiger partial charge in [0.25, 0.3) is 10.0 Å². The van der Waals surface area contributed by atoms with Crippen molar-refractivity contribution < 1.29 is 26.2 Å². The van der Waals surface area contributed by atoms with Crippen molar-refractivity contribution in [2.45, 2.75) is 16.1 Å². The molecule has 0 aliphatic heterocycles. The number of alkyl halides is 3. The van der Waals surface area contributed by atoms with E-state index < -0.39 is 32.5 Å². The highest BCUT2D eigenvalue weighted by Gasteiger charge is 2.30. The summed E-state index contributed by atoms with van der Waals surface area (Å²) in [6, 6.07) is 6.20. The number of halogens is 3. The number of hydrogen-bond donors (Lipinski definition) is 0. The molecule has 1 atom stereocenters. The molecule has 0 bridgehead atoms. The fourth-order valence-electron chi connectivity index (χ4n) is 1.94. The van der Waals surface area contributed by atoms with E-state index in [1.807, 2.05) is 0 Å². The third-order valence-corrected chi connectivity index (χ3v) is 6.51. The topological polar surface area (TPSA) is 98.3 Å². The highest BCUT2D eigenvalue weighted by atomic mass is 32.3. The fraction of sp³-hybridized carbons (Fsp3) is 0.154. The standard InChI is InChI=1S/C13H9F3N4O3S2/c1-24(11-6-5-8(7-17-11)13(14,15)16)20-25(21,22)10-4-2-3-9-12(10)19-23-18-9/h2-7H,1H3/t24-/m0/s1. The zero-order valence-electron chi connectivity index (χ0n) is 12.4. The zero-order valence-corrected chi connectivity index (χ0v) is 14.1. The smallest absolute Gasteiger partial charge is 0.248 e. The maximum atomic E-state index is 12.6. The minimum Gasteiger partial charge on any atom is -0.248 e. The first-order chi connectivity index (χ1) is 11.7. The Bertz CT molecular complexity index is 1060. The lowest BCUT2D eigenvalue weighted by atomic mass is 10.3. The molecule has 25 heavy (non-hydrogen) atoms. The molecular weight excluding hydrogens is 381 g/mol. The van der Waals surface area contributed by atoms with Gasteiger partial charge >= 0.3 is 6.18 Å². The summed E-state index contributed by atoms with van der Waals surface area (Å²) in [6.45, 7) is 0. The number of nitrogens with zero attached hydrogens (tertiary/aromatic N) is 4. The number of aromatic nitrogens is 3. The lowest BCUT2D eigenvalue weighted by molar-refractivity contribution is -0.137. The summed E-state index contributed by atoms with van der Waals surface area (Å²) in [5.41, 5.74) is -0.641. The minimum atomic E-state index is -4.52. The van der Waals surface area contributed by atoms with Gasteiger partial charge in [0.2, 0.25) is 0 Å². The van der Waals surface area contributed by atoms with Crippen LogP contribution in [0.3, 0.4) is 0 Å².